The van der Waals surface area contributed by atoms with Crippen LogP contribution in [0.2, 0.25) is 0 Å². The summed E-state index contributed by atoms with van der Waals surface area (Å²) < 4.78 is 0. The van der Waals surface area contributed by atoms with Gasteiger partial charge in [-0.25, -0.2) is 0 Å². The molecule has 2 saturated carbocycles. The maximum Gasteiger partial charge on any atom is 0.191 e. The Morgan fingerprint density at radius 1 is 1.26 bits per heavy atom. The van der Waals surface area contributed by atoms with E-state index in [2.05, 4.69) is 34.5 Å². The van der Waals surface area contributed by atoms with Gasteiger partial charge in [-0.3, -0.25) is 9.89 Å². The molecule has 0 heterocycles. The largest absolute Gasteiger partial charge is 0.355 e. The fourth-order valence-electron chi connectivity index (χ4n) is 2.69. The fourth-order valence-corrected chi connectivity index (χ4v) is 2.69. The van der Waals surface area contributed by atoms with Crippen molar-refractivity contribution in [2.24, 2.45) is 4.99 Å². The molecule has 4 nitrogen and oxygen atoms in total. The van der Waals surface area contributed by atoms with E-state index in [0.29, 0.717) is 12.1 Å². The van der Waals surface area contributed by atoms with Gasteiger partial charge in [0.2, 0.25) is 0 Å². The summed E-state index contributed by atoms with van der Waals surface area (Å²) in [5.41, 5.74) is 0. The number of hydrogen-bond donors (Lipinski definition) is 2. The monoisotopic (exact) mass is 380 g/mol. The smallest absolute Gasteiger partial charge is 0.191 e. The van der Waals surface area contributed by atoms with Crippen LogP contribution in [0.4, 0.5) is 0 Å². The molecule has 0 spiro atoms. The predicted octanol–water partition coefficient (Wildman–Crippen LogP) is 2.19. The van der Waals surface area contributed by atoms with Crippen LogP contribution >= 0.6 is 24.0 Å². The number of hydrogen-bond acceptors (Lipinski definition) is 2. The van der Waals surface area contributed by atoms with Gasteiger partial charge in [0, 0.05) is 31.7 Å². The van der Waals surface area contributed by atoms with Gasteiger partial charge in [-0.15, -0.1) is 24.0 Å². The number of halogens is 1. The Balaban J connectivity index is 0.00000180. The van der Waals surface area contributed by atoms with Crippen LogP contribution < -0.4 is 10.6 Å². The Kier molecular flexibility index (Phi) is 7.42. The summed E-state index contributed by atoms with van der Waals surface area (Å²) >= 11 is 0. The van der Waals surface area contributed by atoms with Gasteiger partial charge in [-0.2, -0.15) is 0 Å². The second-order valence-electron chi connectivity index (χ2n) is 5.82. The lowest BCUT2D eigenvalue weighted by Gasteiger charge is -2.26. The molecule has 1 unspecified atom stereocenters. The molecule has 0 saturated heterocycles. The van der Waals surface area contributed by atoms with Crippen molar-refractivity contribution in [2.75, 3.05) is 20.6 Å². The van der Waals surface area contributed by atoms with Crippen molar-refractivity contribution in [3.63, 3.8) is 0 Å². The minimum absolute atomic E-state index is 0. The molecule has 112 valence electrons. The van der Waals surface area contributed by atoms with Crippen LogP contribution in [-0.4, -0.2) is 49.6 Å². The van der Waals surface area contributed by atoms with E-state index in [-0.39, 0.29) is 24.0 Å². The first-order valence-electron chi connectivity index (χ1n) is 7.40. The number of guanidine groups is 1. The van der Waals surface area contributed by atoms with Gasteiger partial charge in [0.1, 0.15) is 0 Å². The summed E-state index contributed by atoms with van der Waals surface area (Å²) in [6.07, 6.45) is 8.03. The van der Waals surface area contributed by atoms with Crippen LogP contribution in [-0.2, 0) is 0 Å². The second-order valence-corrected chi connectivity index (χ2v) is 5.82. The van der Waals surface area contributed by atoms with Gasteiger partial charge < -0.3 is 10.6 Å². The van der Waals surface area contributed by atoms with Gasteiger partial charge >= 0.3 is 0 Å². The van der Waals surface area contributed by atoms with Crippen LogP contribution in [0.5, 0.6) is 0 Å². The molecule has 0 bridgehead atoms. The van der Waals surface area contributed by atoms with E-state index in [1.807, 2.05) is 7.05 Å². The van der Waals surface area contributed by atoms with Crippen LogP contribution in [0.15, 0.2) is 4.99 Å². The van der Waals surface area contributed by atoms with Crippen molar-refractivity contribution < 1.29 is 0 Å². The average molecular weight is 380 g/mol. The fraction of sp³-hybridized carbons (Fsp3) is 0.929. The molecule has 2 aliphatic carbocycles. The maximum atomic E-state index is 4.32. The minimum Gasteiger partial charge on any atom is -0.355 e. The molecule has 2 rings (SSSR count). The lowest BCUT2D eigenvalue weighted by molar-refractivity contribution is 0.247. The Hall–Kier alpha value is -0.0400. The third-order valence-electron chi connectivity index (χ3n) is 4.30. The quantitative estimate of drug-likeness (QED) is 0.437. The summed E-state index contributed by atoms with van der Waals surface area (Å²) in [5.74, 6) is 0.970. The highest BCUT2D eigenvalue weighted by Crippen LogP contribution is 2.26. The lowest BCUT2D eigenvalue weighted by Crippen LogP contribution is -2.47. The minimum atomic E-state index is 0. The average Bonchev–Trinajstić information content (AvgIpc) is 3.11. The van der Waals surface area contributed by atoms with Crippen LogP contribution in [0.25, 0.3) is 0 Å². The molecule has 5 heteroatoms. The predicted molar refractivity (Wildman–Crippen MR) is 92.4 cm³/mol. The van der Waals surface area contributed by atoms with E-state index >= 15 is 0 Å². The number of nitrogens with zero attached hydrogens (tertiary/aromatic N) is 2. The van der Waals surface area contributed by atoms with Crippen molar-refractivity contribution in [3.05, 3.63) is 0 Å². The molecule has 1 atom stereocenters. The molecule has 19 heavy (non-hydrogen) atoms. The van der Waals surface area contributed by atoms with E-state index in [0.717, 1.165) is 18.5 Å². The normalized spacial score (nSPS) is 22.2. The zero-order valence-electron chi connectivity index (χ0n) is 12.5. The standard InChI is InChI=1S/C14H28N4.HI/c1-11(18(3)13-8-9-13)10-16-14(15-2)17-12-6-4-5-7-12;/h11-13H,4-10H2,1-3H3,(H2,15,16,17);1H. The zero-order valence-corrected chi connectivity index (χ0v) is 14.8. The Morgan fingerprint density at radius 2 is 1.89 bits per heavy atom. The molecule has 2 N–H and O–H groups in total. The van der Waals surface area contributed by atoms with Crippen molar-refractivity contribution in [1.29, 1.82) is 0 Å². The number of rotatable bonds is 5. The Bertz CT molecular complexity index is 285. The van der Waals surface area contributed by atoms with Crippen molar-refractivity contribution in [3.8, 4) is 0 Å². The Morgan fingerprint density at radius 3 is 2.42 bits per heavy atom. The topological polar surface area (TPSA) is 39.7 Å². The molecule has 0 aromatic heterocycles. The molecular formula is C14H29IN4. The van der Waals surface area contributed by atoms with Crippen LogP contribution in [0, 0.1) is 0 Å². The van der Waals surface area contributed by atoms with Crippen molar-refractivity contribution >= 4 is 29.9 Å². The van der Waals surface area contributed by atoms with Crippen molar-refractivity contribution in [1.82, 2.24) is 15.5 Å². The summed E-state index contributed by atoms with van der Waals surface area (Å²) in [4.78, 5) is 6.80. The molecule has 0 amide bonds. The number of likely N-dealkylation sites (N-methyl/N-ethyl adjacent to an activating group) is 1. The van der Waals surface area contributed by atoms with Gasteiger partial charge in [-0.05, 0) is 39.7 Å². The number of aliphatic imine (C=N–C) groups is 1. The highest BCUT2D eigenvalue weighted by atomic mass is 127. The third-order valence-corrected chi connectivity index (χ3v) is 4.30. The molecule has 0 radical (unpaired) electrons. The van der Waals surface area contributed by atoms with E-state index in [4.69, 9.17) is 0 Å². The molecule has 0 aromatic rings. The SMILES string of the molecule is CN=C(NCC(C)N(C)C1CC1)NC1CCCC1.I. The van der Waals surface area contributed by atoms with Gasteiger partial charge in [0.25, 0.3) is 0 Å². The number of nitrogens with one attached hydrogen (secondary N) is 2. The molecular weight excluding hydrogens is 351 g/mol. The maximum absolute atomic E-state index is 4.32. The van der Waals surface area contributed by atoms with E-state index < -0.39 is 0 Å². The second kappa shape index (κ2) is 8.29. The summed E-state index contributed by atoms with van der Waals surface area (Å²) in [5, 5.41) is 6.98. The molecule has 0 aliphatic heterocycles. The zero-order chi connectivity index (χ0) is 13.0. The van der Waals surface area contributed by atoms with E-state index in [1.54, 1.807) is 0 Å². The Labute approximate surface area is 134 Å². The van der Waals surface area contributed by atoms with Gasteiger partial charge in [0.15, 0.2) is 5.96 Å². The molecule has 2 fully saturated rings. The first-order chi connectivity index (χ1) is 8.70. The first-order valence-corrected chi connectivity index (χ1v) is 7.40. The highest BCUT2D eigenvalue weighted by molar-refractivity contribution is 14.0. The van der Waals surface area contributed by atoms with Gasteiger partial charge in [0.05, 0.1) is 0 Å². The van der Waals surface area contributed by atoms with Gasteiger partial charge in [-0.1, -0.05) is 12.8 Å². The van der Waals surface area contributed by atoms with Crippen LogP contribution in [0.1, 0.15) is 45.4 Å². The van der Waals surface area contributed by atoms with Crippen molar-refractivity contribution in [2.45, 2.75) is 63.6 Å². The summed E-state index contributed by atoms with van der Waals surface area (Å²) in [7, 11) is 4.09. The molecule has 0 aromatic carbocycles. The summed E-state index contributed by atoms with van der Waals surface area (Å²) in [6, 6.07) is 2.03. The summed E-state index contributed by atoms with van der Waals surface area (Å²) in [6.45, 7) is 3.26. The van der Waals surface area contributed by atoms with E-state index in [1.165, 1.54) is 38.5 Å². The van der Waals surface area contributed by atoms with Crippen LogP contribution in [0.3, 0.4) is 0 Å². The lowest BCUT2D eigenvalue weighted by atomic mass is 10.2. The first kappa shape index (κ1) is 17.0. The third kappa shape index (κ3) is 5.45. The van der Waals surface area contributed by atoms with E-state index in [9.17, 15) is 0 Å². The molecule has 2 aliphatic rings. The highest BCUT2D eigenvalue weighted by Gasteiger charge is 2.29.